The van der Waals surface area contributed by atoms with Crippen molar-refractivity contribution in [3.8, 4) is 0 Å². The molecule has 2 aromatic rings. The molecular formula is C15H17FN2O3. The van der Waals surface area contributed by atoms with E-state index in [2.05, 4.69) is 10.1 Å². The van der Waals surface area contributed by atoms with Crippen LogP contribution in [-0.2, 0) is 17.6 Å². The van der Waals surface area contributed by atoms with E-state index in [0.29, 0.717) is 24.6 Å². The monoisotopic (exact) mass is 292 g/mol. The minimum absolute atomic E-state index is 0.0304. The molecule has 21 heavy (non-hydrogen) atoms. The summed E-state index contributed by atoms with van der Waals surface area (Å²) in [7, 11) is 0. The Hall–Kier alpha value is -2.24. The maximum Gasteiger partial charge on any atom is 0.303 e. The molecule has 0 unspecified atom stereocenters. The van der Waals surface area contributed by atoms with Crippen LogP contribution in [0.15, 0.2) is 28.8 Å². The van der Waals surface area contributed by atoms with Crippen LogP contribution < -0.4 is 0 Å². The third-order valence-electron chi connectivity index (χ3n) is 3.05. The number of aliphatic carboxylic acids is 1. The number of carboxylic acid groups (broad SMARTS) is 1. The van der Waals surface area contributed by atoms with Crippen LogP contribution in [0.2, 0.25) is 0 Å². The molecule has 0 bridgehead atoms. The van der Waals surface area contributed by atoms with Crippen molar-refractivity contribution in [3.05, 3.63) is 47.4 Å². The van der Waals surface area contributed by atoms with E-state index in [1.807, 2.05) is 13.8 Å². The van der Waals surface area contributed by atoms with Crippen LogP contribution in [0.4, 0.5) is 4.39 Å². The summed E-state index contributed by atoms with van der Waals surface area (Å²) < 4.78 is 18.0. The Labute approximate surface area is 121 Å². The van der Waals surface area contributed by atoms with Gasteiger partial charge in [-0.05, 0) is 23.1 Å². The SMILES string of the molecule is CC(C)(CC(=O)O)Cc1nc(Cc2ccc(F)cc2)no1. The van der Waals surface area contributed by atoms with Gasteiger partial charge in [-0.3, -0.25) is 4.79 Å². The van der Waals surface area contributed by atoms with Gasteiger partial charge in [0.25, 0.3) is 0 Å². The molecule has 6 heteroatoms. The van der Waals surface area contributed by atoms with E-state index < -0.39 is 11.4 Å². The van der Waals surface area contributed by atoms with Crippen molar-refractivity contribution in [2.45, 2.75) is 33.1 Å². The molecule has 0 amide bonds. The van der Waals surface area contributed by atoms with Crippen LogP contribution in [0.5, 0.6) is 0 Å². The number of benzene rings is 1. The Morgan fingerprint density at radius 1 is 1.33 bits per heavy atom. The molecule has 112 valence electrons. The number of aromatic nitrogens is 2. The minimum Gasteiger partial charge on any atom is -0.481 e. The normalized spacial score (nSPS) is 11.6. The zero-order valence-electron chi connectivity index (χ0n) is 12.0. The summed E-state index contributed by atoms with van der Waals surface area (Å²) in [5.41, 5.74) is 0.430. The predicted molar refractivity (Wildman–Crippen MR) is 73.2 cm³/mol. The first kappa shape index (κ1) is 15.2. The lowest BCUT2D eigenvalue weighted by Crippen LogP contribution is -2.19. The van der Waals surface area contributed by atoms with Crippen molar-refractivity contribution < 1.29 is 18.8 Å². The number of halogens is 1. The van der Waals surface area contributed by atoms with Crippen LogP contribution in [-0.4, -0.2) is 21.2 Å². The topological polar surface area (TPSA) is 76.2 Å². The van der Waals surface area contributed by atoms with Gasteiger partial charge in [-0.2, -0.15) is 4.98 Å². The Kier molecular flexibility index (Phi) is 4.35. The lowest BCUT2D eigenvalue weighted by molar-refractivity contribution is -0.139. The smallest absolute Gasteiger partial charge is 0.303 e. The Morgan fingerprint density at radius 2 is 2.00 bits per heavy atom. The van der Waals surface area contributed by atoms with E-state index in [-0.39, 0.29) is 12.2 Å². The van der Waals surface area contributed by atoms with Crippen LogP contribution in [0.3, 0.4) is 0 Å². The number of hydrogen-bond donors (Lipinski definition) is 1. The first-order chi connectivity index (χ1) is 9.84. The second-order valence-corrected chi connectivity index (χ2v) is 5.82. The van der Waals surface area contributed by atoms with Gasteiger partial charge < -0.3 is 9.63 Å². The fraction of sp³-hybridized carbons (Fsp3) is 0.400. The van der Waals surface area contributed by atoms with Gasteiger partial charge in [0.2, 0.25) is 5.89 Å². The minimum atomic E-state index is -0.856. The average Bonchev–Trinajstić information content (AvgIpc) is 2.77. The third-order valence-corrected chi connectivity index (χ3v) is 3.05. The van der Waals surface area contributed by atoms with E-state index >= 15 is 0 Å². The lowest BCUT2D eigenvalue weighted by atomic mass is 9.86. The molecule has 0 radical (unpaired) electrons. The Bertz CT molecular complexity index is 620. The maximum absolute atomic E-state index is 12.8. The molecule has 1 aromatic heterocycles. The zero-order valence-corrected chi connectivity index (χ0v) is 12.0. The van der Waals surface area contributed by atoms with Crippen molar-refractivity contribution in [2.75, 3.05) is 0 Å². The van der Waals surface area contributed by atoms with E-state index in [1.165, 1.54) is 12.1 Å². The summed E-state index contributed by atoms with van der Waals surface area (Å²) >= 11 is 0. The van der Waals surface area contributed by atoms with E-state index in [0.717, 1.165) is 5.56 Å². The summed E-state index contributed by atoms with van der Waals surface area (Å²) in [4.78, 5) is 15.0. The summed E-state index contributed by atoms with van der Waals surface area (Å²) in [5.74, 6) is -0.227. The van der Waals surface area contributed by atoms with Gasteiger partial charge >= 0.3 is 5.97 Å². The summed E-state index contributed by atoms with van der Waals surface area (Å²) in [6.45, 7) is 3.68. The fourth-order valence-electron chi connectivity index (χ4n) is 2.10. The molecule has 1 N–H and O–H groups in total. The Balaban J connectivity index is 2.01. The van der Waals surface area contributed by atoms with E-state index in [1.54, 1.807) is 12.1 Å². The quantitative estimate of drug-likeness (QED) is 0.886. The molecule has 0 fully saturated rings. The fourth-order valence-corrected chi connectivity index (χ4v) is 2.10. The van der Waals surface area contributed by atoms with Crippen LogP contribution in [0.1, 0.15) is 37.5 Å². The molecule has 0 saturated heterocycles. The highest BCUT2D eigenvalue weighted by Gasteiger charge is 2.25. The first-order valence-corrected chi connectivity index (χ1v) is 6.62. The molecule has 0 aliphatic carbocycles. The number of carbonyl (C=O) groups is 1. The number of hydrogen-bond acceptors (Lipinski definition) is 4. The summed E-state index contributed by atoms with van der Waals surface area (Å²) in [6, 6.07) is 6.10. The van der Waals surface area contributed by atoms with Crippen molar-refractivity contribution in [2.24, 2.45) is 5.41 Å². The van der Waals surface area contributed by atoms with Crippen LogP contribution in [0.25, 0.3) is 0 Å². The summed E-state index contributed by atoms with van der Waals surface area (Å²) in [5, 5.41) is 12.7. The van der Waals surface area contributed by atoms with Gasteiger partial charge in [-0.1, -0.05) is 31.1 Å². The molecule has 0 aliphatic rings. The molecule has 0 spiro atoms. The molecule has 5 nitrogen and oxygen atoms in total. The van der Waals surface area contributed by atoms with E-state index in [4.69, 9.17) is 9.63 Å². The molecule has 0 saturated carbocycles. The molecule has 2 rings (SSSR count). The second-order valence-electron chi connectivity index (χ2n) is 5.82. The molecule has 1 aromatic carbocycles. The van der Waals surface area contributed by atoms with Gasteiger partial charge in [-0.15, -0.1) is 0 Å². The van der Waals surface area contributed by atoms with Gasteiger partial charge in [0.15, 0.2) is 5.82 Å². The standard InChI is InChI=1S/C15H17FN2O3/c1-15(2,9-14(19)20)8-13-17-12(18-21-13)7-10-3-5-11(16)6-4-10/h3-6H,7-9H2,1-2H3,(H,19,20). The van der Waals surface area contributed by atoms with Crippen molar-refractivity contribution >= 4 is 5.97 Å². The number of nitrogens with zero attached hydrogens (tertiary/aromatic N) is 2. The second kappa shape index (κ2) is 6.03. The zero-order chi connectivity index (χ0) is 15.5. The molecule has 0 aliphatic heterocycles. The predicted octanol–water partition coefficient (Wildman–Crippen LogP) is 2.84. The maximum atomic E-state index is 12.8. The lowest BCUT2D eigenvalue weighted by Gasteiger charge is -2.19. The van der Waals surface area contributed by atoms with Crippen LogP contribution in [0, 0.1) is 11.2 Å². The Morgan fingerprint density at radius 3 is 2.62 bits per heavy atom. The van der Waals surface area contributed by atoms with Gasteiger partial charge in [-0.25, -0.2) is 4.39 Å². The van der Waals surface area contributed by atoms with Gasteiger partial charge in [0, 0.05) is 12.8 Å². The third kappa shape index (κ3) is 4.66. The largest absolute Gasteiger partial charge is 0.481 e. The van der Waals surface area contributed by atoms with Gasteiger partial charge in [0.05, 0.1) is 6.42 Å². The van der Waals surface area contributed by atoms with Crippen molar-refractivity contribution in [1.82, 2.24) is 10.1 Å². The molecule has 1 heterocycles. The van der Waals surface area contributed by atoms with Crippen molar-refractivity contribution in [3.63, 3.8) is 0 Å². The molecule has 0 atom stereocenters. The summed E-state index contributed by atoms with van der Waals surface area (Å²) in [6.07, 6.45) is 0.877. The first-order valence-electron chi connectivity index (χ1n) is 6.62. The highest BCUT2D eigenvalue weighted by Crippen LogP contribution is 2.25. The number of carboxylic acids is 1. The molecular weight excluding hydrogens is 275 g/mol. The highest BCUT2D eigenvalue weighted by atomic mass is 19.1. The number of rotatable bonds is 6. The van der Waals surface area contributed by atoms with Crippen molar-refractivity contribution in [1.29, 1.82) is 0 Å². The highest BCUT2D eigenvalue weighted by molar-refractivity contribution is 5.67. The van der Waals surface area contributed by atoms with Crippen LogP contribution >= 0.6 is 0 Å². The average molecular weight is 292 g/mol. The van der Waals surface area contributed by atoms with Gasteiger partial charge in [0.1, 0.15) is 5.82 Å². The van der Waals surface area contributed by atoms with E-state index in [9.17, 15) is 9.18 Å².